The molecule has 1 aromatic heterocycles. The van der Waals surface area contributed by atoms with Gasteiger partial charge in [-0.05, 0) is 38.9 Å². The summed E-state index contributed by atoms with van der Waals surface area (Å²) in [7, 11) is 0. The maximum absolute atomic E-state index is 12.6. The molecule has 0 aliphatic carbocycles. The molecule has 0 radical (unpaired) electrons. The molecule has 0 spiro atoms. The van der Waals surface area contributed by atoms with Gasteiger partial charge in [-0.3, -0.25) is 9.36 Å². The van der Waals surface area contributed by atoms with Crippen molar-refractivity contribution < 1.29 is 0 Å². The van der Waals surface area contributed by atoms with E-state index >= 15 is 0 Å². The second-order valence-corrected chi connectivity index (χ2v) is 5.77. The van der Waals surface area contributed by atoms with Crippen molar-refractivity contribution >= 4 is 10.9 Å². The first-order valence-corrected chi connectivity index (χ1v) is 8.41. The summed E-state index contributed by atoms with van der Waals surface area (Å²) in [6.07, 6.45) is 4.95. The summed E-state index contributed by atoms with van der Waals surface area (Å²) < 4.78 is 1.78. The minimum Gasteiger partial charge on any atom is -0.308 e. The normalized spacial score (nSPS) is 12.7. The van der Waals surface area contributed by atoms with E-state index in [4.69, 9.17) is 4.98 Å². The van der Waals surface area contributed by atoms with Gasteiger partial charge < -0.3 is 5.32 Å². The maximum atomic E-state index is 12.6. The highest BCUT2D eigenvalue weighted by atomic mass is 16.1. The Bertz CT molecular complexity index is 663. The maximum Gasteiger partial charge on any atom is 0.261 e. The van der Waals surface area contributed by atoms with Crippen LogP contribution in [0.1, 0.15) is 58.3 Å². The highest BCUT2D eigenvalue weighted by molar-refractivity contribution is 5.77. The van der Waals surface area contributed by atoms with Gasteiger partial charge in [0.15, 0.2) is 0 Å². The van der Waals surface area contributed by atoms with Crippen molar-refractivity contribution in [1.82, 2.24) is 14.9 Å². The summed E-state index contributed by atoms with van der Waals surface area (Å²) in [5.74, 6) is 0.835. The summed E-state index contributed by atoms with van der Waals surface area (Å²) in [5.41, 5.74) is 0.842. The Labute approximate surface area is 132 Å². The molecule has 0 fully saturated rings. The fourth-order valence-corrected chi connectivity index (χ4v) is 2.78. The number of nitrogens with one attached hydrogen (secondary N) is 1. The van der Waals surface area contributed by atoms with Gasteiger partial charge in [0.25, 0.3) is 5.56 Å². The average Bonchev–Trinajstić information content (AvgIpc) is 2.54. The molecule has 120 valence electrons. The van der Waals surface area contributed by atoms with Crippen molar-refractivity contribution in [3.63, 3.8) is 0 Å². The third kappa shape index (κ3) is 3.74. The molecule has 0 saturated carbocycles. The molecule has 2 rings (SSSR count). The molecule has 1 unspecified atom stereocenters. The molecule has 0 amide bonds. The van der Waals surface area contributed by atoms with Crippen LogP contribution in [0.4, 0.5) is 0 Å². The fraction of sp³-hybridized carbons (Fsp3) is 0.556. The van der Waals surface area contributed by atoms with Gasteiger partial charge in [-0.1, -0.05) is 38.3 Å². The number of aromatic nitrogens is 2. The van der Waals surface area contributed by atoms with E-state index in [9.17, 15) is 4.79 Å². The molecule has 4 heteroatoms. The van der Waals surface area contributed by atoms with Crippen LogP contribution in [0.2, 0.25) is 0 Å². The van der Waals surface area contributed by atoms with Crippen molar-refractivity contribution in [3.05, 3.63) is 40.4 Å². The highest BCUT2D eigenvalue weighted by Crippen LogP contribution is 2.14. The number of para-hydroxylation sites is 1. The van der Waals surface area contributed by atoms with Gasteiger partial charge in [0.05, 0.1) is 16.9 Å². The van der Waals surface area contributed by atoms with Crippen molar-refractivity contribution in [2.45, 2.75) is 59.0 Å². The molecule has 0 bridgehead atoms. The first kappa shape index (κ1) is 16.7. The van der Waals surface area contributed by atoms with Crippen LogP contribution in [0, 0.1) is 0 Å². The molecule has 1 heterocycles. The zero-order chi connectivity index (χ0) is 15.9. The highest BCUT2D eigenvalue weighted by Gasteiger charge is 2.14. The van der Waals surface area contributed by atoms with E-state index in [0.29, 0.717) is 11.9 Å². The van der Waals surface area contributed by atoms with Crippen LogP contribution in [0.15, 0.2) is 29.1 Å². The molecule has 22 heavy (non-hydrogen) atoms. The zero-order valence-electron chi connectivity index (χ0n) is 13.9. The van der Waals surface area contributed by atoms with E-state index in [-0.39, 0.29) is 11.6 Å². The number of hydrogen-bond donors (Lipinski definition) is 1. The molecule has 1 atom stereocenters. The van der Waals surface area contributed by atoms with Gasteiger partial charge in [0.1, 0.15) is 5.82 Å². The van der Waals surface area contributed by atoms with Crippen molar-refractivity contribution in [3.8, 4) is 0 Å². The first-order valence-electron chi connectivity index (χ1n) is 8.41. The minimum absolute atomic E-state index is 0.0581. The van der Waals surface area contributed by atoms with E-state index in [2.05, 4.69) is 19.2 Å². The quantitative estimate of drug-likeness (QED) is 0.757. The average molecular weight is 301 g/mol. The molecular formula is C18H27N3O. The van der Waals surface area contributed by atoms with Gasteiger partial charge >= 0.3 is 0 Å². The topological polar surface area (TPSA) is 46.9 Å². The molecule has 0 saturated heterocycles. The molecule has 0 aliphatic rings. The number of rotatable bonds is 8. The zero-order valence-corrected chi connectivity index (χ0v) is 13.9. The molecule has 1 aromatic carbocycles. The standard InChI is InChI=1S/C18H27N3O/c1-4-6-7-10-13-19-14(3)17-20-16-12-9-8-11-15(16)18(22)21(17)5-2/h8-9,11-12,14,19H,4-7,10,13H2,1-3H3. The monoisotopic (exact) mass is 301 g/mol. The molecular weight excluding hydrogens is 274 g/mol. The number of hydrogen-bond acceptors (Lipinski definition) is 3. The lowest BCUT2D eigenvalue weighted by atomic mass is 10.2. The van der Waals surface area contributed by atoms with Crippen LogP contribution in [-0.2, 0) is 6.54 Å². The predicted molar refractivity (Wildman–Crippen MR) is 92.2 cm³/mol. The Morgan fingerprint density at radius 2 is 1.95 bits per heavy atom. The second kappa shape index (κ2) is 8.08. The molecule has 2 aromatic rings. The molecule has 1 N–H and O–H groups in total. The smallest absolute Gasteiger partial charge is 0.261 e. The Morgan fingerprint density at radius 1 is 1.18 bits per heavy atom. The van der Waals surface area contributed by atoms with Crippen LogP contribution in [0.5, 0.6) is 0 Å². The van der Waals surface area contributed by atoms with Crippen molar-refractivity contribution in [1.29, 1.82) is 0 Å². The Morgan fingerprint density at radius 3 is 2.68 bits per heavy atom. The summed E-state index contributed by atoms with van der Waals surface area (Å²) in [6.45, 7) is 7.91. The van der Waals surface area contributed by atoms with E-state index < -0.39 is 0 Å². The second-order valence-electron chi connectivity index (χ2n) is 5.77. The SMILES string of the molecule is CCCCCCNC(C)c1nc2ccccc2c(=O)n1CC. The van der Waals surface area contributed by atoms with Crippen LogP contribution < -0.4 is 10.9 Å². The van der Waals surface area contributed by atoms with Crippen molar-refractivity contribution in [2.75, 3.05) is 6.54 Å². The van der Waals surface area contributed by atoms with Crippen molar-refractivity contribution in [2.24, 2.45) is 0 Å². The summed E-state index contributed by atoms with van der Waals surface area (Å²) in [6, 6.07) is 7.66. The van der Waals surface area contributed by atoms with Gasteiger partial charge in [-0.2, -0.15) is 0 Å². The summed E-state index contributed by atoms with van der Waals surface area (Å²) in [5, 5.41) is 4.20. The third-order valence-corrected chi connectivity index (χ3v) is 4.08. The minimum atomic E-state index is 0.0581. The number of unbranched alkanes of at least 4 members (excludes halogenated alkanes) is 3. The number of nitrogens with zero attached hydrogens (tertiary/aromatic N) is 2. The van der Waals surface area contributed by atoms with E-state index in [1.54, 1.807) is 4.57 Å². The Kier molecular flexibility index (Phi) is 6.13. The van der Waals surface area contributed by atoms with Crippen LogP contribution in [-0.4, -0.2) is 16.1 Å². The van der Waals surface area contributed by atoms with E-state index in [1.807, 2.05) is 31.2 Å². The molecule has 4 nitrogen and oxygen atoms in total. The van der Waals surface area contributed by atoms with Gasteiger partial charge in [-0.15, -0.1) is 0 Å². The van der Waals surface area contributed by atoms with Crippen LogP contribution >= 0.6 is 0 Å². The summed E-state index contributed by atoms with van der Waals surface area (Å²) in [4.78, 5) is 17.3. The van der Waals surface area contributed by atoms with Gasteiger partial charge in [0, 0.05) is 6.54 Å². The van der Waals surface area contributed by atoms with Crippen LogP contribution in [0.25, 0.3) is 10.9 Å². The van der Waals surface area contributed by atoms with E-state index in [1.165, 1.54) is 25.7 Å². The first-order chi connectivity index (χ1) is 10.7. The predicted octanol–water partition coefficient (Wildman–Crippen LogP) is 3.65. The van der Waals surface area contributed by atoms with Gasteiger partial charge in [0.2, 0.25) is 0 Å². The summed E-state index contributed by atoms with van der Waals surface area (Å²) >= 11 is 0. The lowest BCUT2D eigenvalue weighted by molar-refractivity contribution is 0.489. The van der Waals surface area contributed by atoms with E-state index in [0.717, 1.165) is 17.9 Å². The lowest BCUT2D eigenvalue weighted by Crippen LogP contribution is -2.31. The number of fused-ring (bicyclic) bond motifs is 1. The third-order valence-electron chi connectivity index (χ3n) is 4.08. The van der Waals surface area contributed by atoms with Gasteiger partial charge in [-0.25, -0.2) is 4.98 Å². The largest absolute Gasteiger partial charge is 0.308 e. The lowest BCUT2D eigenvalue weighted by Gasteiger charge is -2.18. The Balaban J connectivity index is 2.20. The van der Waals surface area contributed by atoms with Crippen LogP contribution in [0.3, 0.4) is 0 Å². The fourth-order valence-electron chi connectivity index (χ4n) is 2.78. The Hall–Kier alpha value is -1.68. The number of benzene rings is 1. The molecule has 0 aliphatic heterocycles.